The first-order chi connectivity index (χ1) is 14.5. The Labute approximate surface area is 178 Å². The normalized spacial score (nSPS) is 15.8. The molecule has 7 heteroatoms. The van der Waals surface area contributed by atoms with Crippen LogP contribution in [0.5, 0.6) is 11.5 Å². The largest absolute Gasteiger partial charge is 0.493 e. The van der Waals surface area contributed by atoms with Crippen LogP contribution in [0.3, 0.4) is 0 Å². The number of nitrogens with zero attached hydrogens (tertiary/aromatic N) is 4. The first-order valence-electron chi connectivity index (χ1n) is 10.4. The standard InChI is InChI=1S/C23H30N4O3/c1-16-19(17(2)27(25-16)14-6-12-24)9-11-23(28)26-13-5-7-20(26)18-8-10-21(29-3)22(15-18)30-4/h8,10,15,20H,5-7,9,11,13-14H2,1-4H3. The lowest BCUT2D eigenvalue weighted by Gasteiger charge is -2.26. The number of carbonyl (C=O) groups is 1. The summed E-state index contributed by atoms with van der Waals surface area (Å²) in [6, 6.07) is 8.12. The first-order valence-corrected chi connectivity index (χ1v) is 10.4. The molecule has 1 aromatic heterocycles. The predicted octanol–water partition coefficient (Wildman–Crippen LogP) is 3.73. The number of hydrogen-bond donors (Lipinski definition) is 0. The molecular formula is C23H30N4O3. The summed E-state index contributed by atoms with van der Waals surface area (Å²) in [5.41, 5.74) is 4.18. The summed E-state index contributed by atoms with van der Waals surface area (Å²) < 4.78 is 12.6. The minimum atomic E-state index is 0.0675. The van der Waals surface area contributed by atoms with Gasteiger partial charge in [0.05, 0.1) is 45.0 Å². The van der Waals surface area contributed by atoms with E-state index in [1.807, 2.05) is 41.6 Å². The van der Waals surface area contributed by atoms with Gasteiger partial charge in [-0.2, -0.15) is 10.4 Å². The van der Waals surface area contributed by atoms with Crippen molar-refractivity contribution in [3.05, 3.63) is 40.7 Å². The average molecular weight is 411 g/mol. The number of rotatable bonds is 8. The Balaban J connectivity index is 1.70. The van der Waals surface area contributed by atoms with Crippen molar-refractivity contribution >= 4 is 5.91 Å². The van der Waals surface area contributed by atoms with Gasteiger partial charge in [-0.05, 0) is 56.4 Å². The van der Waals surface area contributed by atoms with E-state index in [1.165, 1.54) is 0 Å². The summed E-state index contributed by atoms with van der Waals surface area (Å²) >= 11 is 0. The van der Waals surface area contributed by atoms with Crippen LogP contribution in [0.4, 0.5) is 0 Å². The molecule has 0 aliphatic carbocycles. The maximum Gasteiger partial charge on any atom is 0.223 e. The van der Waals surface area contributed by atoms with Crippen LogP contribution in [-0.4, -0.2) is 41.4 Å². The quantitative estimate of drug-likeness (QED) is 0.662. The lowest BCUT2D eigenvalue weighted by atomic mass is 10.0. The first kappa shape index (κ1) is 21.7. The van der Waals surface area contributed by atoms with E-state index < -0.39 is 0 Å². The Kier molecular flexibility index (Phi) is 6.99. The number of aryl methyl sites for hydroxylation is 2. The van der Waals surface area contributed by atoms with Crippen molar-refractivity contribution in [3.63, 3.8) is 0 Å². The van der Waals surface area contributed by atoms with E-state index in [4.69, 9.17) is 14.7 Å². The van der Waals surface area contributed by atoms with Crippen molar-refractivity contribution in [2.24, 2.45) is 0 Å². The Morgan fingerprint density at radius 2 is 2.03 bits per heavy atom. The molecule has 7 nitrogen and oxygen atoms in total. The number of amides is 1. The summed E-state index contributed by atoms with van der Waals surface area (Å²) in [6.07, 6.45) is 3.50. The summed E-state index contributed by atoms with van der Waals surface area (Å²) in [5.74, 6) is 1.54. The van der Waals surface area contributed by atoms with Crippen LogP contribution in [0.25, 0.3) is 0 Å². The van der Waals surface area contributed by atoms with E-state index in [1.54, 1.807) is 14.2 Å². The van der Waals surface area contributed by atoms with Crippen molar-refractivity contribution in [3.8, 4) is 17.6 Å². The van der Waals surface area contributed by atoms with Crippen LogP contribution >= 0.6 is 0 Å². The van der Waals surface area contributed by atoms with Crippen molar-refractivity contribution in [1.82, 2.24) is 14.7 Å². The molecule has 1 amide bonds. The maximum absolute atomic E-state index is 13.1. The highest BCUT2D eigenvalue weighted by Crippen LogP contribution is 2.37. The molecule has 1 aromatic carbocycles. The van der Waals surface area contributed by atoms with Gasteiger partial charge < -0.3 is 14.4 Å². The topological polar surface area (TPSA) is 80.4 Å². The van der Waals surface area contributed by atoms with E-state index in [0.717, 1.165) is 41.9 Å². The van der Waals surface area contributed by atoms with Gasteiger partial charge in [0, 0.05) is 18.7 Å². The fourth-order valence-corrected chi connectivity index (χ4v) is 4.32. The molecule has 30 heavy (non-hydrogen) atoms. The fraction of sp³-hybridized carbons (Fsp3) is 0.522. The Morgan fingerprint density at radius 1 is 1.27 bits per heavy atom. The van der Waals surface area contributed by atoms with Gasteiger partial charge >= 0.3 is 0 Å². The van der Waals surface area contributed by atoms with Crippen LogP contribution in [-0.2, 0) is 17.8 Å². The van der Waals surface area contributed by atoms with E-state index in [-0.39, 0.29) is 11.9 Å². The molecule has 0 radical (unpaired) electrons. The van der Waals surface area contributed by atoms with E-state index in [2.05, 4.69) is 11.2 Å². The molecule has 1 aliphatic heterocycles. The Hall–Kier alpha value is -3.01. The third-order valence-corrected chi connectivity index (χ3v) is 5.92. The third kappa shape index (κ3) is 4.43. The molecule has 1 aliphatic rings. The number of ether oxygens (including phenoxy) is 2. The molecule has 160 valence electrons. The number of hydrogen-bond acceptors (Lipinski definition) is 5. The van der Waals surface area contributed by atoms with Gasteiger partial charge in [-0.3, -0.25) is 9.48 Å². The molecule has 0 bridgehead atoms. The number of likely N-dealkylation sites (tertiary alicyclic amines) is 1. The molecule has 1 atom stereocenters. The Morgan fingerprint density at radius 3 is 2.73 bits per heavy atom. The second-order valence-electron chi connectivity index (χ2n) is 7.64. The van der Waals surface area contributed by atoms with Crippen LogP contribution in [0.15, 0.2) is 18.2 Å². The zero-order valence-electron chi connectivity index (χ0n) is 18.3. The van der Waals surface area contributed by atoms with Gasteiger partial charge in [-0.1, -0.05) is 6.07 Å². The highest BCUT2D eigenvalue weighted by atomic mass is 16.5. The summed E-state index contributed by atoms with van der Waals surface area (Å²) in [6.45, 7) is 5.35. The highest BCUT2D eigenvalue weighted by Gasteiger charge is 2.30. The second kappa shape index (κ2) is 9.66. The number of nitriles is 1. The lowest BCUT2D eigenvalue weighted by Crippen LogP contribution is -2.30. The molecule has 0 spiro atoms. The molecule has 3 rings (SSSR count). The van der Waals surface area contributed by atoms with Crippen molar-refractivity contribution in [2.75, 3.05) is 20.8 Å². The van der Waals surface area contributed by atoms with Crippen molar-refractivity contribution in [1.29, 1.82) is 5.26 Å². The van der Waals surface area contributed by atoms with Gasteiger partial charge in [0.25, 0.3) is 0 Å². The molecule has 1 fully saturated rings. The third-order valence-electron chi connectivity index (χ3n) is 5.92. The van der Waals surface area contributed by atoms with Gasteiger partial charge in [-0.15, -0.1) is 0 Å². The van der Waals surface area contributed by atoms with Crippen LogP contribution in [0.2, 0.25) is 0 Å². The van der Waals surface area contributed by atoms with Gasteiger partial charge in [-0.25, -0.2) is 0 Å². The molecule has 1 saturated heterocycles. The summed E-state index contributed by atoms with van der Waals surface area (Å²) in [7, 11) is 3.25. The lowest BCUT2D eigenvalue weighted by molar-refractivity contribution is -0.132. The van der Waals surface area contributed by atoms with Crippen LogP contribution in [0.1, 0.15) is 54.2 Å². The van der Waals surface area contributed by atoms with Gasteiger partial charge in [0.15, 0.2) is 11.5 Å². The SMILES string of the molecule is COc1ccc(C2CCCN2C(=O)CCc2c(C)nn(CCC#N)c2C)cc1OC. The molecule has 2 aromatic rings. The second-order valence-corrected chi connectivity index (χ2v) is 7.64. The number of methoxy groups -OCH3 is 2. The molecular weight excluding hydrogens is 380 g/mol. The zero-order chi connectivity index (χ0) is 21.7. The highest BCUT2D eigenvalue weighted by molar-refractivity contribution is 5.77. The fourth-order valence-electron chi connectivity index (χ4n) is 4.32. The van der Waals surface area contributed by atoms with Crippen LogP contribution in [0, 0.1) is 25.2 Å². The average Bonchev–Trinajstić information content (AvgIpc) is 3.35. The predicted molar refractivity (Wildman–Crippen MR) is 113 cm³/mol. The maximum atomic E-state index is 13.1. The van der Waals surface area contributed by atoms with Crippen molar-refractivity contribution in [2.45, 2.75) is 58.5 Å². The van der Waals surface area contributed by atoms with E-state index in [9.17, 15) is 4.79 Å². The molecule has 0 N–H and O–H groups in total. The number of benzene rings is 1. The van der Waals surface area contributed by atoms with Crippen molar-refractivity contribution < 1.29 is 14.3 Å². The van der Waals surface area contributed by atoms with Gasteiger partial charge in [0.1, 0.15) is 0 Å². The van der Waals surface area contributed by atoms with Crippen LogP contribution < -0.4 is 9.47 Å². The monoisotopic (exact) mass is 410 g/mol. The van der Waals surface area contributed by atoms with E-state index >= 15 is 0 Å². The zero-order valence-corrected chi connectivity index (χ0v) is 18.3. The number of aromatic nitrogens is 2. The minimum absolute atomic E-state index is 0.0675. The smallest absolute Gasteiger partial charge is 0.223 e. The summed E-state index contributed by atoms with van der Waals surface area (Å²) in [4.78, 5) is 15.1. The molecule has 1 unspecified atom stereocenters. The number of carbonyl (C=O) groups excluding carboxylic acids is 1. The molecule has 2 heterocycles. The molecule has 0 saturated carbocycles. The summed E-state index contributed by atoms with van der Waals surface area (Å²) in [5, 5.41) is 13.4. The van der Waals surface area contributed by atoms with Gasteiger partial charge in [0.2, 0.25) is 5.91 Å². The van der Waals surface area contributed by atoms with E-state index in [0.29, 0.717) is 37.3 Å². The minimum Gasteiger partial charge on any atom is -0.493 e. The Bertz CT molecular complexity index is 945.